The number of carbonyl (C=O) groups excluding carboxylic acids is 4. The smallest absolute Gasteiger partial charge is 0.293 e. The molecule has 4 rings (SSSR count). The number of amides is 4. The molecule has 4 amide bonds. The van der Waals surface area contributed by atoms with Gasteiger partial charge in [0.25, 0.3) is 17.1 Å². The van der Waals surface area contributed by atoms with Crippen molar-refractivity contribution in [2.45, 2.75) is 6.10 Å². The van der Waals surface area contributed by atoms with E-state index < -0.39 is 29.0 Å². The number of anilines is 1. The molecule has 3 N–H and O–H groups in total. The lowest BCUT2D eigenvalue weighted by Gasteiger charge is -2.34. The van der Waals surface area contributed by atoms with Gasteiger partial charge in [-0.25, -0.2) is 4.39 Å². The first-order valence-electron chi connectivity index (χ1n) is 10.4. The van der Waals surface area contributed by atoms with E-state index in [1.807, 2.05) is 0 Å². The van der Waals surface area contributed by atoms with Crippen LogP contribution >= 0.6 is 11.8 Å². The SMILES string of the molecule is NC(=O)C1CN(CC(=O)NCCN2C(=O)S/C(=C\c3ccccc3F)C2=O)c2ccccc2O1. The van der Waals surface area contributed by atoms with Gasteiger partial charge in [-0.3, -0.25) is 24.1 Å². The number of thioether (sulfide) groups is 1. The standard InChI is InChI=1S/C23H21FN4O5S/c24-15-6-2-1-5-14(15)11-19-22(31)28(23(32)34-19)10-9-26-20(29)13-27-12-18(21(25)30)33-17-8-4-3-7-16(17)27/h1-8,11,18H,9-10,12-13H2,(H2,25,30)(H,26,29)/b19-11-. The quantitative estimate of drug-likeness (QED) is 0.574. The van der Waals surface area contributed by atoms with Crippen LogP contribution in [-0.2, 0) is 14.4 Å². The predicted octanol–water partition coefficient (Wildman–Crippen LogP) is 1.73. The summed E-state index contributed by atoms with van der Waals surface area (Å²) < 4.78 is 19.4. The van der Waals surface area contributed by atoms with E-state index in [1.54, 1.807) is 35.2 Å². The Morgan fingerprint density at radius 2 is 1.91 bits per heavy atom. The average Bonchev–Trinajstić information content (AvgIpc) is 3.07. The Morgan fingerprint density at radius 3 is 2.68 bits per heavy atom. The van der Waals surface area contributed by atoms with E-state index in [0.717, 1.165) is 16.7 Å². The normalized spacial score (nSPS) is 18.6. The first-order chi connectivity index (χ1) is 16.3. The summed E-state index contributed by atoms with van der Waals surface area (Å²) in [7, 11) is 0. The number of nitrogens with zero attached hydrogens (tertiary/aromatic N) is 2. The maximum absolute atomic E-state index is 13.9. The fraction of sp³-hybridized carbons (Fsp3) is 0.217. The second kappa shape index (κ2) is 9.96. The molecule has 0 aromatic heterocycles. The lowest BCUT2D eigenvalue weighted by Crippen LogP contribution is -2.50. The monoisotopic (exact) mass is 484 g/mol. The van der Waals surface area contributed by atoms with Crippen molar-refractivity contribution >= 4 is 46.5 Å². The molecule has 34 heavy (non-hydrogen) atoms. The van der Waals surface area contributed by atoms with Crippen LogP contribution in [0, 0.1) is 5.82 Å². The summed E-state index contributed by atoms with van der Waals surface area (Å²) in [5.74, 6) is -1.59. The third-order valence-electron chi connectivity index (χ3n) is 5.24. The third-order valence-corrected chi connectivity index (χ3v) is 6.14. The van der Waals surface area contributed by atoms with Crippen LogP contribution in [0.4, 0.5) is 14.9 Å². The van der Waals surface area contributed by atoms with E-state index in [4.69, 9.17) is 10.5 Å². The second-order valence-corrected chi connectivity index (χ2v) is 8.56. The predicted molar refractivity (Wildman–Crippen MR) is 124 cm³/mol. The molecule has 2 aliphatic heterocycles. The molecule has 1 atom stereocenters. The van der Waals surface area contributed by atoms with Crippen LogP contribution in [0.15, 0.2) is 53.4 Å². The summed E-state index contributed by atoms with van der Waals surface area (Å²) in [4.78, 5) is 51.8. The number of nitrogens with one attached hydrogen (secondary N) is 1. The molecule has 0 radical (unpaired) electrons. The summed E-state index contributed by atoms with van der Waals surface area (Å²) in [6.45, 7) is 0.0483. The van der Waals surface area contributed by atoms with Crippen LogP contribution in [0.2, 0.25) is 0 Å². The Hall–Kier alpha value is -3.86. The van der Waals surface area contributed by atoms with Gasteiger partial charge in [0.05, 0.1) is 23.7 Å². The maximum Gasteiger partial charge on any atom is 0.293 e. The number of fused-ring (bicyclic) bond motifs is 1. The van der Waals surface area contributed by atoms with Crippen molar-refractivity contribution < 1.29 is 28.3 Å². The van der Waals surface area contributed by atoms with Crippen LogP contribution in [-0.4, -0.2) is 60.1 Å². The largest absolute Gasteiger partial charge is 0.477 e. The Morgan fingerprint density at radius 1 is 1.18 bits per heavy atom. The average molecular weight is 485 g/mol. The highest BCUT2D eigenvalue weighted by Crippen LogP contribution is 2.33. The summed E-state index contributed by atoms with van der Waals surface area (Å²) in [6.07, 6.45) is 0.448. The third kappa shape index (κ3) is 5.04. The van der Waals surface area contributed by atoms with Crippen molar-refractivity contribution in [2.75, 3.05) is 31.1 Å². The van der Waals surface area contributed by atoms with Gasteiger partial charge in [-0.05, 0) is 36.0 Å². The zero-order valence-corrected chi connectivity index (χ0v) is 18.7. The number of imide groups is 1. The molecule has 2 aromatic rings. The van der Waals surface area contributed by atoms with Gasteiger partial charge in [-0.2, -0.15) is 0 Å². The molecule has 0 aliphatic carbocycles. The zero-order valence-electron chi connectivity index (χ0n) is 17.9. The number of benzene rings is 2. The van der Waals surface area contributed by atoms with Crippen molar-refractivity contribution in [3.63, 3.8) is 0 Å². The maximum atomic E-state index is 13.9. The summed E-state index contributed by atoms with van der Waals surface area (Å²) in [5.41, 5.74) is 6.24. The molecule has 2 heterocycles. The van der Waals surface area contributed by atoms with Gasteiger partial charge in [-0.15, -0.1) is 0 Å². The van der Waals surface area contributed by atoms with Gasteiger partial charge < -0.3 is 20.7 Å². The molecule has 1 fully saturated rings. The topological polar surface area (TPSA) is 122 Å². The van der Waals surface area contributed by atoms with Crippen molar-refractivity contribution in [3.8, 4) is 5.75 Å². The van der Waals surface area contributed by atoms with Crippen LogP contribution in [0.1, 0.15) is 5.56 Å². The minimum Gasteiger partial charge on any atom is -0.477 e. The minimum absolute atomic E-state index is 0.0331. The van der Waals surface area contributed by atoms with Crippen molar-refractivity contribution in [1.29, 1.82) is 0 Å². The van der Waals surface area contributed by atoms with Gasteiger partial charge in [-0.1, -0.05) is 30.3 Å². The molecule has 0 saturated carbocycles. The van der Waals surface area contributed by atoms with Crippen molar-refractivity contribution in [3.05, 3.63) is 64.8 Å². The highest BCUT2D eigenvalue weighted by molar-refractivity contribution is 8.18. The number of para-hydroxylation sites is 2. The summed E-state index contributed by atoms with van der Waals surface area (Å²) in [6, 6.07) is 12.9. The highest BCUT2D eigenvalue weighted by atomic mass is 32.2. The highest BCUT2D eigenvalue weighted by Gasteiger charge is 2.35. The Bertz CT molecular complexity index is 1190. The fourth-order valence-electron chi connectivity index (χ4n) is 3.57. The number of carbonyl (C=O) groups is 4. The molecule has 1 saturated heterocycles. The van der Waals surface area contributed by atoms with Gasteiger partial charge in [0, 0.05) is 18.7 Å². The molecule has 0 spiro atoms. The van der Waals surface area contributed by atoms with E-state index in [1.165, 1.54) is 24.3 Å². The second-order valence-electron chi connectivity index (χ2n) is 7.56. The molecule has 2 aliphatic rings. The zero-order chi connectivity index (χ0) is 24.2. The molecule has 176 valence electrons. The Labute approximate surface area is 198 Å². The number of nitrogens with two attached hydrogens (primary N) is 1. The van der Waals surface area contributed by atoms with Crippen LogP contribution < -0.4 is 20.7 Å². The lowest BCUT2D eigenvalue weighted by molar-refractivity contribution is -0.125. The first kappa shape index (κ1) is 23.3. The molecule has 11 heteroatoms. The van der Waals surface area contributed by atoms with Crippen molar-refractivity contribution in [1.82, 2.24) is 10.2 Å². The van der Waals surface area contributed by atoms with Gasteiger partial charge in [0.2, 0.25) is 5.91 Å². The van der Waals surface area contributed by atoms with Crippen LogP contribution in [0.3, 0.4) is 0 Å². The first-order valence-corrected chi connectivity index (χ1v) is 11.2. The molecule has 2 aromatic carbocycles. The van der Waals surface area contributed by atoms with E-state index in [0.29, 0.717) is 11.4 Å². The van der Waals surface area contributed by atoms with E-state index >= 15 is 0 Å². The summed E-state index contributed by atoms with van der Waals surface area (Å²) >= 11 is 0.721. The van der Waals surface area contributed by atoms with E-state index in [-0.39, 0.29) is 42.6 Å². The molecule has 1 unspecified atom stereocenters. The van der Waals surface area contributed by atoms with Gasteiger partial charge >= 0.3 is 0 Å². The minimum atomic E-state index is -0.890. The fourth-order valence-corrected chi connectivity index (χ4v) is 4.42. The molecular weight excluding hydrogens is 463 g/mol. The number of primary amides is 1. The number of ether oxygens (including phenoxy) is 1. The van der Waals surface area contributed by atoms with Crippen LogP contribution in [0.25, 0.3) is 6.08 Å². The number of hydrogen-bond donors (Lipinski definition) is 2. The Balaban J connectivity index is 1.33. The van der Waals surface area contributed by atoms with E-state index in [9.17, 15) is 23.6 Å². The number of hydrogen-bond acceptors (Lipinski definition) is 7. The summed E-state index contributed by atoms with van der Waals surface area (Å²) in [5, 5.41) is 2.18. The number of rotatable bonds is 7. The van der Waals surface area contributed by atoms with Crippen molar-refractivity contribution in [2.24, 2.45) is 5.73 Å². The Kier molecular flexibility index (Phi) is 6.82. The molecule has 9 nitrogen and oxygen atoms in total. The van der Waals surface area contributed by atoms with E-state index in [2.05, 4.69) is 5.32 Å². The molecular formula is C23H21FN4O5S. The van der Waals surface area contributed by atoms with Gasteiger partial charge in [0.15, 0.2) is 6.10 Å². The molecule has 0 bridgehead atoms. The van der Waals surface area contributed by atoms with Gasteiger partial charge in [0.1, 0.15) is 11.6 Å². The lowest BCUT2D eigenvalue weighted by atomic mass is 10.2. The van der Waals surface area contributed by atoms with Crippen LogP contribution in [0.5, 0.6) is 5.75 Å². The number of halogens is 1.